The van der Waals surface area contributed by atoms with E-state index in [0.717, 1.165) is 23.7 Å². The van der Waals surface area contributed by atoms with Gasteiger partial charge in [-0.05, 0) is 61.3 Å². The first-order chi connectivity index (χ1) is 8.27. The molecule has 1 aromatic carbocycles. The van der Waals surface area contributed by atoms with Crippen molar-refractivity contribution in [2.75, 3.05) is 0 Å². The molecule has 0 amide bonds. The van der Waals surface area contributed by atoms with E-state index in [4.69, 9.17) is 12.6 Å². The van der Waals surface area contributed by atoms with Gasteiger partial charge in [0.25, 0.3) is 0 Å². The Kier molecular flexibility index (Phi) is 2.18. The van der Waals surface area contributed by atoms with Crippen molar-refractivity contribution in [2.45, 2.75) is 36.9 Å². The minimum Gasteiger partial charge on any atom is -0.167 e. The van der Waals surface area contributed by atoms with Crippen LogP contribution < -0.4 is 0 Å². The van der Waals surface area contributed by atoms with E-state index in [0.29, 0.717) is 0 Å². The van der Waals surface area contributed by atoms with Crippen molar-refractivity contribution >= 4 is 12.6 Å². The van der Waals surface area contributed by atoms with Gasteiger partial charge in [0.05, 0.1) is 0 Å². The van der Waals surface area contributed by atoms with Crippen LogP contribution in [-0.2, 0) is 4.75 Å². The first kappa shape index (κ1) is 10.5. The van der Waals surface area contributed by atoms with Crippen molar-refractivity contribution in [1.82, 2.24) is 0 Å². The van der Waals surface area contributed by atoms with E-state index >= 15 is 0 Å². The maximum atomic E-state index is 5.22. The predicted octanol–water partition coefficient (Wildman–Crippen LogP) is 4.27. The molecule has 0 N–H and O–H groups in total. The van der Waals surface area contributed by atoms with Crippen LogP contribution in [0.15, 0.2) is 30.3 Å². The van der Waals surface area contributed by atoms with Crippen molar-refractivity contribution in [3.8, 4) is 0 Å². The van der Waals surface area contributed by atoms with Crippen LogP contribution >= 0.6 is 12.6 Å². The van der Waals surface area contributed by atoms with Crippen LogP contribution in [-0.4, -0.2) is 0 Å². The molecule has 0 saturated heterocycles. The fraction of sp³-hybridized carbons (Fsp3) is 0.625. The van der Waals surface area contributed by atoms with Crippen molar-refractivity contribution in [3.05, 3.63) is 35.9 Å². The minimum absolute atomic E-state index is 0.189. The van der Waals surface area contributed by atoms with Crippen LogP contribution in [0.1, 0.15) is 37.7 Å². The molecule has 0 heterocycles. The second kappa shape index (κ2) is 3.54. The highest BCUT2D eigenvalue weighted by Gasteiger charge is 2.55. The van der Waals surface area contributed by atoms with Gasteiger partial charge in [0.15, 0.2) is 0 Å². The average molecular weight is 244 g/mol. The third-order valence-corrected chi connectivity index (χ3v) is 6.61. The van der Waals surface area contributed by atoms with Gasteiger partial charge in [-0.2, -0.15) is 12.6 Å². The van der Waals surface area contributed by atoms with E-state index in [1.54, 1.807) is 0 Å². The van der Waals surface area contributed by atoms with Crippen LogP contribution in [0.3, 0.4) is 0 Å². The Bertz CT molecular complexity index is 394. The number of rotatable bonds is 1. The van der Waals surface area contributed by atoms with Crippen LogP contribution in [0.2, 0.25) is 0 Å². The second-order valence-electron chi connectivity index (χ2n) is 6.50. The molecule has 1 aromatic rings. The van der Waals surface area contributed by atoms with E-state index in [1.807, 2.05) is 0 Å². The molecule has 0 atom stereocenters. The standard InChI is InChI=1S/C16H20S/c17-16(13-4-2-1-3-5-13)14-7-11-6-12(9-14)10-15(16)8-11/h1-5,11-12,14-15,17H,6-10H2. The maximum absolute atomic E-state index is 5.22. The molecule has 0 nitrogen and oxygen atoms in total. The number of hydrogen-bond donors (Lipinski definition) is 1. The lowest BCUT2D eigenvalue weighted by Crippen LogP contribution is -2.52. The zero-order valence-electron chi connectivity index (χ0n) is 10.2. The van der Waals surface area contributed by atoms with E-state index in [-0.39, 0.29) is 4.75 Å². The topological polar surface area (TPSA) is 0 Å². The molecule has 4 fully saturated rings. The minimum atomic E-state index is 0.189. The van der Waals surface area contributed by atoms with Crippen molar-refractivity contribution in [2.24, 2.45) is 23.7 Å². The number of hydrogen-bond acceptors (Lipinski definition) is 1. The molecule has 0 aromatic heterocycles. The molecule has 90 valence electrons. The summed E-state index contributed by atoms with van der Waals surface area (Å²) in [6.07, 6.45) is 7.26. The summed E-state index contributed by atoms with van der Waals surface area (Å²) >= 11 is 5.22. The largest absolute Gasteiger partial charge is 0.167 e. The van der Waals surface area contributed by atoms with Crippen LogP contribution in [0.5, 0.6) is 0 Å². The summed E-state index contributed by atoms with van der Waals surface area (Å²) in [4.78, 5) is 0. The number of benzene rings is 1. The molecular weight excluding hydrogens is 224 g/mol. The Hall–Kier alpha value is -0.430. The molecule has 0 radical (unpaired) electrons. The molecule has 4 aliphatic rings. The molecular formula is C16H20S. The van der Waals surface area contributed by atoms with Crippen molar-refractivity contribution in [3.63, 3.8) is 0 Å². The molecule has 0 aliphatic heterocycles. The highest BCUT2D eigenvalue weighted by atomic mass is 32.1. The normalized spacial score (nSPS) is 47.4. The summed E-state index contributed by atoms with van der Waals surface area (Å²) in [5.41, 5.74) is 1.48. The molecule has 4 saturated carbocycles. The summed E-state index contributed by atoms with van der Waals surface area (Å²) in [6, 6.07) is 11.1. The molecule has 5 rings (SSSR count). The summed E-state index contributed by atoms with van der Waals surface area (Å²) in [6.45, 7) is 0. The predicted molar refractivity (Wildman–Crippen MR) is 74.2 cm³/mol. The van der Waals surface area contributed by atoms with Gasteiger partial charge in [-0.1, -0.05) is 30.3 Å². The highest BCUT2D eigenvalue weighted by molar-refractivity contribution is 7.81. The smallest absolute Gasteiger partial charge is 0.0434 e. The lowest BCUT2D eigenvalue weighted by Gasteiger charge is -2.59. The van der Waals surface area contributed by atoms with E-state index in [9.17, 15) is 0 Å². The summed E-state index contributed by atoms with van der Waals surface area (Å²) in [5, 5.41) is 0. The van der Waals surface area contributed by atoms with E-state index < -0.39 is 0 Å². The Morgan fingerprint density at radius 1 is 0.824 bits per heavy atom. The average Bonchev–Trinajstić information content (AvgIpc) is 2.36. The lowest BCUT2D eigenvalue weighted by molar-refractivity contribution is -0.0178. The fourth-order valence-corrected chi connectivity index (χ4v) is 5.65. The van der Waals surface area contributed by atoms with Crippen LogP contribution in [0, 0.1) is 23.7 Å². The third kappa shape index (κ3) is 1.38. The van der Waals surface area contributed by atoms with Gasteiger partial charge in [0.2, 0.25) is 0 Å². The first-order valence-corrected chi connectivity index (χ1v) is 7.49. The van der Waals surface area contributed by atoms with Gasteiger partial charge < -0.3 is 0 Å². The van der Waals surface area contributed by atoms with Crippen molar-refractivity contribution in [1.29, 1.82) is 0 Å². The molecule has 17 heavy (non-hydrogen) atoms. The molecule has 0 unspecified atom stereocenters. The Labute approximate surface area is 109 Å². The first-order valence-electron chi connectivity index (χ1n) is 7.04. The Morgan fingerprint density at radius 2 is 1.35 bits per heavy atom. The van der Waals surface area contributed by atoms with Gasteiger partial charge >= 0.3 is 0 Å². The SMILES string of the molecule is SC1(c2ccccc2)C2CC3CC(C2)CC1C3. The quantitative estimate of drug-likeness (QED) is 0.701. The molecule has 4 aliphatic carbocycles. The van der Waals surface area contributed by atoms with Gasteiger partial charge in [0, 0.05) is 4.75 Å². The highest BCUT2D eigenvalue weighted by Crippen LogP contribution is 2.64. The third-order valence-electron chi connectivity index (χ3n) is 5.62. The molecule has 4 bridgehead atoms. The van der Waals surface area contributed by atoms with E-state index in [2.05, 4.69) is 30.3 Å². The Morgan fingerprint density at radius 3 is 1.88 bits per heavy atom. The molecule has 1 heteroatoms. The van der Waals surface area contributed by atoms with Crippen molar-refractivity contribution < 1.29 is 0 Å². The molecule has 0 spiro atoms. The van der Waals surface area contributed by atoms with Gasteiger partial charge in [-0.3, -0.25) is 0 Å². The zero-order chi connectivity index (χ0) is 11.5. The summed E-state index contributed by atoms with van der Waals surface area (Å²) < 4.78 is 0.189. The number of thiol groups is 1. The summed E-state index contributed by atoms with van der Waals surface area (Å²) in [7, 11) is 0. The monoisotopic (exact) mass is 244 g/mol. The van der Waals surface area contributed by atoms with Crippen LogP contribution in [0.4, 0.5) is 0 Å². The Balaban J connectivity index is 1.78. The second-order valence-corrected chi connectivity index (χ2v) is 7.24. The van der Waals surface area contributed by atoms with Gasteiger partial charge in [0.1, 0.15) is 0 Å². The lowest BCUT2D eigenvalue weighted by atomic mass is 9.50. The van der Waals surface area contributed by atoms with Gasteiger partial charge in [-0.25, -0.2) is 0 Å². The van der Waals surface area contributed by atoms with E-state index in [1.165, 1.54) is 37.7 Å². The van der Waals surface area contributed by atoms with Crippen LogP contribution in [0.25, 0.3) is 0 Å². The zero-order valence-corrected chi connectivity index (χ0v) is 11.1. The maximum Gasteiger partial charge on any atom is 0.0434 e. The van der Waals surface area contributed by atoms with Gasteiger partial charge in [-0.15, -0.1) is 0 Å². The summed E-state index contributed by atoms with van der Waals surface area (Å²) in [5.74, 6) is 3.73. The fourth-order valence-electron chi connectivity index (χ4n) is 5.08.